The molecule has 1 aliphatic heterocycles. The number of nitrogens with zero attached hydrogens (tertiary/aromatic N) is 5. The van der Waals surface area contributed by atoms with Crippen LogP contribution in [0.1, 0.15) is 34.6 Å². The highest BCUT2D eigenvalue weighted by atomic mass is 19.1. The van der Waals surface area contributed by atoms with E-state index in [1.165, 1.54) is 0 Å². The van der Waals surface area contributed by atoms with Crippen LogP contribution in [0.2, 0.25) is 0 Å². The Morgan fingerprint density at radius 1 is 1.10 bits per heavy atom. The van der Waals surface area contributed by atoms with Crippen LogP contribution >= 0.6 is 0 Å². The molecule has 1 aliphatic rings. The molecule has 0 bridgehead atoms. The van der Waals surface area contributed by atoms with Gasteiger partial charge in [0, 0.05) is 12.5 Å². The highest BCUT2D eigenvalue weighted by molar-refractivity contribution is 5.98. The minimum Gasteiger partial charge on any atom is -0.295 e. The molecular weight excluding hydrogens is 376 g/mol. The number of rotatable bonds is 6. The van der Waals surface area contributed by atoms with E-state index in [0.717, 1.165) is 36.7 Å². The zero-order valence-electron chi connectivity index (χ0n) is 15.8. The molecule has 0 amide bonds. The molecule has 1 fully saturated rings. The van der Waals surface area contributed by atoms with Gasteiger partial charge < -0.3 is 0 Å². The zero-order chi connectivity index (χ0) is 20.2. The molecule has 1 aromatic heterocycles. The van der Waals surface area contributed by atoms with Crippen molar-refractivity contribution in [2.24, 2.45) is 5.92 Å². The third-order valence-corrected chi connectivity index (χ3v) is 5.22. The van der Waals surface area contributed by atoms with Crippen molar-refractivity contribution in [3.63, 3.8) is 0 Å². The summed E-state index contributed by atoms with van der Waals surface area (Å²) in [7, 11) is 0. The van der Waals surface area contributed by atoms with E-state index in [-0.39, 0.29) is 17.3 Å². The maximum Gasteiger partial charge on any atom is 0.170 e. The molecule has 1 saturated heterocycles. The average molecular weight is 397 g/mol. The molecule has 0 radical (unpaired) electrons. The number of Topliss-reactive ketones (excluding diaryl/α,β-unsaturated/α-hetero) is 1. The Kier molecular flexibility index (Phi) is 5.71. The lowest BCUT2D eigenvalue weighted by Crippen LogP contribution is -2.39. The molecule has 2 heterocycles. The van der Waals surface area contributed by atoms with Gasteiger partial charge in [-0.25, -0.2) is 13.5 Å². The fraction of sp³-hybridized carbons (Fsp3) is 0.333. The van der Waals surface area contributed by atoms with E-state index >= 15 is 0 Å². The fourth-order valence-corrected chi connectivity index (χ4v) is 3.74. The first-order valence-corrected chi connectivity index (χ1v) is 9.61. The summed E-state index contributed by atoms with van der Waals surface area (Å²) >= 11 is 0. The van der Waals surface area contributed by atoms with Crippen LogP contribution in [0, 0.1) is 17.6 Å². The number of carbonyl (C=O) groups is 1. The summed E-state index contributed by atoms with van der Waals surface area (Å²) in [5, 5.41) is 12.0. The van der Waals surface area contributed by atoms with Gasteiger partial charge in [0.2, 0.25) is 0 Å². The lowest BCUT2D eigenvalue weighted by molar-refractivity contribution is 0.0802. The van der Waals surface area contributed by atoms with Gasteiger partial charge in [-0.1, -0.05) is 30.3 Å². The van der Waals surface area contributed by atoms with Gasteiger partial charge in [0.1, 0.15) is 11.6 Å². The Balaban J connectivity index is 1.44. The Morgan fingerprint density at radius 3 is 2.76 bits per heavy atom. The van der Waals surface area contributed by atoms with Crippen LogP contribution in [0.4, 0.5) is 8.78 Å². The number of halogens is 2. The summed E-state index contributed by atoms with van der Waals surface area (Å²) in [4.78, 5) is 14.8. The number of hydrogen-bond acceptors (Lipinski definition) is 5. The second-order valence-electron chi connectivity index (χ2n) is 7.30. The molecule has 8 heteroatoms. The number of tetrazole rings is 1. The Hall–Kier alpha value is -3.00. The van der Waals surface area contributed by atoms with Crippen LogP contribution in [0.3, 0.4) is 0 Å². The van der Waals surface area contributed by atoms with Crippen LogP contribution in [0.5, 0.6) is 0 Å². The molecule has 0 aliphatic carbocycles. The number of hydrogen-bond donors (Lipinski definition) is 0. The molecule has 3 aromatic rings. The van der Waals surface area contributed by atoms with Gasteiger partial charge in [-0.2, -0.15) is 0 Å². The van der Waals surface area contributed by atoms with Crippen LogP contribution in [-0.2, 0) is 13.1 Å². The first kappa shape index (κ1) is 19.3. The second kappa shape index (κ2) is 8.57. The molecular formula is C21H21F2N5O. The predicted octanol–water partition coefficient (Wildman–Crippen LogP) is 3.09. The van der Waals surface area contributed by atoms with Crippen molar-refractivity contribution in [3.05, 3.63) is 77.1 Å². The minimum atomic E-state index is -0.680. The third kappa shape index (κ3) is 4.54. The SMILES string of the molecule is O=C(c1cc(F)ccc1F)[C@@H]1CCCN(Cc2nnnn2Cc2ccccc2)C1. The molecule has 29 heavy (non-hydrogen) atoms. The largest absolute Gasteiger partial charge is 0.295 e. The normalized spacial score (nSPS) is 17.4. The molecule has 150 valence electrons. The van der Waals surface area contributed by atoms with Gasteiger partial charge >= 0.3 is 0 Å². The standard InChI is InChI=1S/C21H21F2N5O/c22-17-8-9-19(23)18(11-17)21(29)16-7-4-10-27(13-16)14-20-24-25-26-28(20)12-15-5-2-1-3-6-15/h1-3,5-6,8-9,11,16H,4,7,10,12-14H2/t16-/m1/s1. The molecule has 0 spiro atoms. The van der Waals surface area contributed by atoms with Gasteiger partial charge in [-0.05, 0) is 53.6 Å². The average Bonchev–Trinajstić information content (AvgIpc) is 3.16. The zero-order valence-corrected chi connectivity index (χ0v) is 15.8. The summed E-state index contributed by atoms with van der Waals surface area (Å²) < 4.78 is 29.2. The van der Waals surface area contributed by atoms with Gasteiger partial charge in [0.25, 0.3) is 0 Å². The maximum absolute atomic E-state index is 14.0. The Labute approximate surface area is 167 Å². The topological polar surface area (TPSA) is 63.9 Å². The number of benzene rings is 2. The van der Waals surface area contributed by atoms with E-state index in [1.807, 2.05) is 30.3 Å². The van der Waals surface area contributed by atoms with Crippen molar-refractivity contribution in [2.75, 3.05) is 13.1 Å². The second-order valence-corrected chi connectivity index (χ2v) is 7.30. The van der Waals surface area contributed by atoms with E-state index in [4.69, 9.17) is 0 Å². The molecule has 0 unspecified atom stereocenters. The van der Waals surface area contributed by atoms with Gasteiger partial charge in [-0.3, -0.25) is 9.69 Å². The number of aromatic nitrogens is 4. The van der Waals surface area contributed by atoms with Gasteiger partial charge in [0.05, 0.1) is 18.7 Å². The molecule has 2 aromatic carbocycles. The summed E-state index contributed by atoms with van der Waals surface area (Å²) in [5.74, 6) is -1.31. The van der Waals surface area contributed by atoms with Crippen LogP contribution < -0.4 is 0 Å². The van der Waals surface area contributed by atoms with Crippen molar-refractivity contribution in [1.82, 2.24) is 25.1 Å². The highest BCUT2D eigenvalue weighted by Gasteiger charge is 2.29. The monoisotopic (exact) mass is 397 g/mol. The number of carbonyl (C=O) groups excluding carboxylic acids is 1. The molecule has 0 N–H and O–H groups in total. The summed E-state index contributed by atoms with van der Waals surface area (Å²) in [5.41, 5.74) is 0.917. The van der Waals surface area contributed by atoms with Crippen molar-refractivity contribution in [1.29, 1.82) is 0 Å². The smallest absolute Gasteiger partial charge is 0.170 e. The molecule has 4 rings (SSSR count). The minimum absolute atomic E-state index is 0.175. The van der Waals surface area contributed by atoms with Crippen molar-refractivity contribution >= 4 is 5.78 Å². The van der Waals surface area contributed by atoms with Crippen molar-refractivity contribution in [2.45, 2.75) is 25.9 Å². The van der Waals surface area contributed by atoms with E-state index in [2.05, 4.69) is 20.4 Å². The van der Waals surface area contributed by atoms with Crippen LogP contribution in [0.15, 0.2) is 48.5 Å². The Bertz CT molecular complexity index is 992. The molecule has 1 atom stereocenters. The number of piperidine rings is 1. The fourth-order valence-electron chi connectivity index (χ4n) is 3.74. The van der Waals surface area contributed by atoms with Crippen LogP contribution in [-0.4, -0.2) is 44.0 Å². The van der Waals surface area contributed by atoms with Gasteiger partial charge in [-0.15, -0.1) is 5.10 Å². The maximum atomic E-state index is 14.0. The lowest BCUT2D eigenvalue weighted by Gasteiger charge is -2.31. The van der Waals surface area contributed by atoms with Crippen molar-refractivity contribution < 1.29 is 13.6 Å². The third-order valence-electron chi connectivity index (χ3n) is 5.22. The molecule has 6 nitrogen and oxygen atoms in total. The first-order chi connectivity index (χ1) is 14.1. The quantitative estimate of drug-likeness (QED) is 0.598. The van der Waals surface area contributed by atoms with Crippen LogP contribution in [0.25, 0.3) is 0 Å². The lowest BCUT2D eigenvalue weighted by atomic mass is 9.89. The number of ketones is 1. The highest BCUT2D eigenvalue weighted by Crippen LogP contribution is 2.24. The van der Waals surface area contributed by atoms with E-state index in [0.29, 0.717) is 31.9 Å². The van der Waals surface area contributed by atoms with Gasteiger partial charge in [0.15, 0.2) is 11.6 Å². The summed E-state index contributed by atoms with van der Waals surface area (Å²) in [6.07, 6.45) is 1.45. The van der Waals surface area contributed by atoms with E-state index in [1.54, 1.807) is 4.68 Å². The van der Waals surface area contributed by atoms with E-state index < -0.39 is 11.6 Å². The summed E-state index contributed by atoms with van der Waals surface area (Å²) in [6, 6.07) is 12.9. The predicted molar refractivity (Wildman–Crippen MR) is 102 cm³/mol. The number of likely N-dealkylation sites (tertiary alicyclic amines) is 1. The summed E-state index contributed by atoms with van der Waals surface area (Å²) in [6.45, 7) is 2.32. The Morgan fingerprint density at radius 2 is 1.93 bits per heavy atom. The molecule has 0 saturated carbocycles. The van der Waals surface area contributed by atoms with Crippen molar-refractivity contribution in [3.8, 4) is 0 Å². The van der Waals surface area contributed by atoms with E-state index in [9.17, 15) is 13.6 Å². The first-order valence-electron chi connectivity index (χ1n) is 9.61.